The summed E-state index contributed by atoms with van der Waals surface area (Å²) in [7, 11) is 1.65. The maximum Gasteiger partial charge on any atom is 0.119 e. The summed E-state index contributed by atoms with van der Waals surface area (Å²) in [5.41, 5.74) is 1.88. The van der Waals surface area contributed by atoms with E-state index in [1.807, 2.05) is 48.5 Å². The van der Waals surface area contributed by atoms with Gasteiger partial charge in [0.2, 0.25) is 0 Å². The van der Waals surface area contributed by atoms with Crippen molar-refractivity contribution in [3.63, 3.8) is 0 Å². The molecule has 0 atom stereocenters. The van der Waals surface area contributed by atoms with Crippen LogP contribution in [0.5, 0.6) is 11.5 Å². The minimum Gasteiger partial charge on any atom is -0.497 e. The Balaban J connectivity index is 1.68. The minimum atomic E-state index is 0.662. The maximum atomic E-state index is 8.85. The lowest BCUT2D eigenvalue weighted by atomic mass is 10.2. The Morgan fingerprint density at radius 1 is 1.10 bits per heavy atom. The summed E-state index contributed by atoms with van der Waals surface area (Å²) >= 11 is 1.79. The topological polar surface area (TPSA) is 42.2 Å². The molecule has 0 N–H and O–H groups in total. The number of nitriles is 1. The molecule has 0 fully saturated rings. The second kappa shape index (κ2) is 8.23. The molecule has 0 saturated heterocycles. The first kappa shape index (κ1) is 15.3. The van der Waals surface area contributed by atoms with Gasteiger partial charge in [0.25, 0.3) is 0 Å². The van der Waals surface area contributed by atoms with Crippen LogP contribution in [0.2, 0.25) is 0 Å². The second-order valence-corrected chi connectivity index (χ2v) is 5.49. The van der Waals surface area contributed by atoms with Gasteiger partial charge in [-0.15, -0.1) is 0 Å². The Morgan fingerprint density at radius 3 is 2.57 bits per heavy atom. The Bertz CT molecular complexity index is 605. The van der Waals surface area contributed by atoms with Crippen LogP contribution in [-0.4, -0.2) is 19.5 Å². The Morgan fingerprint density at radius 2 is 1.86 bits per heavy atom. The first-order chi connectivity index (χ1) is 10.3. The fraction of sp³-hybridized carbons (Fsp3) is 0.235. The van der Waals surface area contributed by atoms with Crippen molar-refractivity contribution < 1.29 is 9.47 Å². The third-order valence-electron chi connectivity index (χ3n) is 2.88. The van der Waals surface area contributed by atoms with Gasteiger partial charge in [0.05, 0.1) is 25.3 Å². The van der Waals surface area contributed by atoms with Crippen molar-refractivity contribution in [1.29, 1.82) is 5.26 Å². The van der Waals surface area contributed by atoms with Gasteiger partial charge >= 0.3 is 0 Å². The molecule has 0 aliphatic heterocycles. The molecule has 4 heteroatoms. The molecular formula is C17H17NO2S. The first-order valence-electron chi connectivity index (χ1n) is 6.65. The van der Waals surface area contributed by atoms with Crippen LogP contribution in [-0.2, 0) is 5.75 Å². The van der Waals surface area contributed by atoms with E-state index < -0.39 is 0 Å². The molecule has 0 unspecified atom stereocenters. The van der Waals surface area contributed by atoms with Crippen LogP contribution in [0.15, 0.2) is 48.5 Å². The van der Waals surface area contributed by atoms with Gasteiger partial charge in [-0.3, -0.25) is 0 Å². The van der Waals surface area contributed by atoms with E-state index in [1.54, 1.807) is 18.9 Å². The van der Waals surface area contributed by atoms with E-state index in [1.165, 1.54) is 5.56 Å². The van der Waals surface area contributed by atoms with Gasteiger partial charge in [-0.05, 0) is 42.0 Å². The highest BCUT2D eigenvalue weighted by Crippen LogP contribution is 2.18. The SMILES string of the molecule is COc1ccc(OCCSCc2cccc(C#N)c2)cc1. The third kappa shape index (κ3) is 5.05. The van der Waals surface area contributed by atoms with Gasteiger partial charge in [-0.1, -0.05) is 12.1 Å². The maximum absolute atomic E-state index is 8.85. The van der Waals surface area contributed by atoms with E-state index in [2.05, 4.69) is 6.07 Å². The fourth-order valence-electron chi connectivity index (χ4n) is 1.81. The zero-order chi connectivity index (χ0) is 14.9. The highest BCUT2D eigenvalue weighted by molar-refractivity contribution is 7.98. The molecule has 0 bridgehead atoms. The molecule has 108 valence electrons. The zero-order valence-corrected chi connectivity index (χ0v) is 12.7. The molecule has 0 aliphatic rings. The molecular weight excluding hydrogens is 282 g/mol. The zero-order valence-electron chi connectivity index (χ0n) is 11.9. The number of ether oxygens (including phenoxy) is 2. The van der Waals surface area contributed by atoms with E-state index in [0.29, 0.717) is 12.2 Å². The number of rotatable bonds is 7. The van der Waals surface area contributed by atoms with Crippen molar-refractivity contribution in [2.75, 3.05) is 19.5 Å². The predicted molar refractivity (Wildman–Crippen MR) is 85.8 cm³/mol. The van der Waals surface area contributed by atoms with Crippen molar-refractivity contribution in [3.8, 4) is 17.6 Å². The number of nitrogens with zero attached hydrogens (tertiary/aromatic N) is 1. The highest BCUT2D eigenvalue weighted by atomic mass is 32.2. The molecule has 2 aromatic rings. The van der Waals surface area contributed by atoms with Crippen molar-refractivity contribution in [3.05, 3.63) is 59.7 Å². The minimum absolute atomic E-state index is 0.662. The van der Waals surface area contributed by atoms with Gasteiger partial charge in [0.15, 0.2) is 0 Å². The standard InChI is InChI=1S/C17H17NO2S/c1-19-16-5-7-17(8-6-16)20-9-10-21-13-15-4-2-3-14(11-15)12-18/h2-8,11H,9-10,13H2,1H3. The monoisotopic (exact) mass is 299 g/mol. The molecule has 3 nitrogen and oxygen atoms in total. The van der Waals surface area contributed by atoms with Gasteiger partial charge < -0.3 is 9.47 Å². The first-order valence-corrected chi connectivity index (χ1v) is 7.81. The van der Waals surface area contributed by atoms with Crippen LogP contribution in [0.25, 0.3) is 0 Å². The van der Waals surface area contributed by atoms with Crippen molar-refractivity contribution in [2.45, 2.75) is 5.75 Å². The summed E-state index contributed by atoms with van der Waals surface area (Å²) in [6, 6.07) is 17.4. The summed E-state index contributed by atoms with van der Waals surface area (Å²) in [5.74, 6) is 3.47. The summed E-state index contributed by atoms with van der Waals surface area (Å²) < 4.78 is 10.8. The lowest BCUT2D eigenvalue weighted by Crippen LogP contribution is -2.00. The van der Waals surface area contributed by atoms with Gasteiger partial charge in [0.1, 0.15) is 11.5 Å². The largest absolute Gasteiger partial charge is 0.497 e. The Kier molecular flexibility index (Phi) is 5.99. The predicted octanol–water partition coefficient (Wildman–Crippen LogP) is 3.88. The molecule has 0 spiro atoms. The Hall–Kier alpha value is -2.12. The molecule has 0 radical (unpaired) electrons. The Labute approximate surface area is 129 Å². The number of methoxy groups -OCH3 is 1. The summed E-state index contributed by atoms with van der Waals surface area (Å²) in [4.78, 5) is 0. The molecule has 2 rings (SSSR count). The smallest absolute Gasteiger partial charge is 0.119 e. The normalized spacial score (nSPS) is 9.90. The summed E-state index contributed by atoms with van der Waals surface area (Å²) in [5, 5.41) is 8.85. The molecule has 0 heterocycles. The average molecular weight is 299 g/mol. The highest BCUT2D eigenvalue weighted by Gasteiger charge is 1.98. The molecule has 2 aromatic carbocycles. The van der Waals surface area contributed by atoms with Crippen molar-refractivity contribution in [2.24, 2.45) is 0 Å². The van der Waals surface area contributed by atoms with Crippen molar-refractivity contribution >= 4 is 11.8 Å². The van der Waals surface area contributed by atoms with Crippen LogP contribution in [0.3, 0.4) is 0 Å². The summed E-state index contributed by atoms with van der Waals surface area (Å²) in [6.07, 6.45) is 0. The second-order valence-electron chi connectivity index (χ2n) is 4.39. The van der Waals surface area contributed by atoms with Crippen molar-refractivity contribution in [1.82, 2.24) is 0 Å². The van der Waals surface area contributed by atoms with Gasteiger partial charge in [-0.25, -0.2) is 0 Å². The van der Waals surface area contributed by atoms with Crippen LogP contribution < -0.4 is 9.47 Å². The number of hydrogen-bond donors (Lipinski definition) is 0. The lowest BCUT2D eigenvalue weighted by Gasteiger charge is -2.07. The third-order valence-corrected chi connectivity index (χ3v) is 3.87. The van der Waals surface area contributed by atoms with Gasteiger partial charge in [0, 0.05) is 11.5 Å². The molecule has 0 amide bonds. The van der Waals surface area contributed by atoms with E-state index in [0.717, 1.165) is 23.0 Å². The number of benzene rings is 2. The molecule has 0 aliphatic carbocycles. The van der Waals surface area contributed by atoms with Gasteiger partial charge in [-0.2, -0.15) is 17.0 Å². The van der Waals surface area contributed by atoms with E-state index in [-0.39, 0.29) is 0 Å². The summed E-state index contributed by atoms with van der Waals surface area (Å²) in [6.45, 7) is 0.662. The fourth-order valence-corrected chi connectivity index (χ4v) is 2.57. The van der Waals surface area contributed by atoms with Crippen LogP contribution in [0, 0.1) is 11.3 Å². The molecule has 0 saturated carbocycles. The quantitative estimate of drug-likeness (QED) is 0.728. The molecule has 0 aromatic heterocycles. The van der Waals surface area contributed by atoms with Crippen LogP contribution >= 0.6 is 11.8 Å². The van der Waals surface area contributed by atoms with Crippen LogP contribution in [0.1, 0.15) is 11.1 Å². The number of thioether (sulfide) groups is 1. The number of hydrogen-bond acceptors (Lipinski definition) is 4. The van der Waals surface area contributed by atoms with Crippen LogP contribution in [0.4, 0.5) is 0 Å². The average Bonchev–Trinajstić information content (AvgIpc) is 2.55. The molecule has 21 heavy (non-hydrogen) atoms. The van der Waals surface area contributed by atoms with E-state index in [9.17, 15) is 0 Å². The van der Waals surface area contributed by atoms with E-state index in [4.69, 9.17) is 14.7 Å². The lowest BCUT2D eigenvalue weighted by molar-refractivity contribution is 0.342. The van der Waals surface area contributed by atoms with E-state index >= 15 is 0 Å².